The second-order valence-electron chi connectivity index (χ2n) is 16.9. The van der Waals surface area contributed by atoms with Crippen LogP contribution >= 0.6 is 0 Å². The minimum absolute atomic E-state index is 1.07. The number of rotatable bonds is 9. The van der Waals surface area contributed by atoms with Crippen LogP contribution in [0.4, 0.5) is 17.1 Å². The number of aromatic nitrogens is 1. The molecular formula is C64H44N2. The summed E-state index contributed by atoms with van der Waals surface area (Å²) in [5.41, 5.74) is 18.6. The molecule has 0 bridgehead atoms. The lowest BCUT2D eigenvalue weighted by Gasteiger charge is -2.27. The molecule has 0 spiro atoms. The molecule has 0 atom stereocenters. The molecule has 0 saturated heterocycles. The molecule has 0 amide bonds. The van der Waals surface area contributed by atoms with Crippen molar-refractivity contribution in [2.75, 3.05) is 4.90 Å². The third kappa shape index (κ3) is 6.93. The number of hydrogen-bond acceptors (Lipinski definition) is 1. The molecule has 12 rings (SSSR count). The predicted octanol–water partition coefficient (Wildman–Crippen LogP) is 17.7. The van der Waals surface area contributed by atoms with Crippen molar-refractivity contribution in [3.8, 4) is 61.3 Å². The van der Waals surface area contributed by atoms with Crippen molar-refractivity contribution in [2.45, 2.75) is 0 Å². The van der Waals surface area contributed by atoms with E-state index in [4.69, 9.17) is 0 Å². The van der Waals surface area contributed by atoms with Gasteiger partial charge in [0.15, 0.2) is 0 Å². The van der Waals surface area contributed by atoms with E-state index < -0.39 is 0 Å². The first-order chi connectivity index (χ1) is 32.8. The van der Waals surface area contributed by atoms with Crippen LogP contribution in [0.5, 0.6) is 0 Å². The largest absolute Gasteiger partial charge is 0.310 e. The molecule has 66 heavy (non-hydrogen) atoms. The van der Waals surface area contributed by atoms with Gasteiger partial charge in [0.05, 0.1) is 16.7 Å². The summed E-state index contributed by atoms with van der Waals surface area (Å²) < 4.78 is 2.50. The maximum absolute atomic E-state index is 2.50. The second-order valence-corrected chi connectivity index (χ2v) is 16.9. The van der Waals surface area contributed by atoms with E-state index in [0.717, 1.165) is 28.3 Å². The van der Waals surface area contributed by atoms with Crippen molar-refractivity contribution in [3.05, 3.63) is 267 Å². The Labute approximate surface area is 385 Å². The van der Waals surface area contributed by atoms with Gasteiger partial charge in [-0.3, -0.25) is 0 Å². The van der Waals surface area contributed by atoms with Crippen LogP contribution in [0.3, 0.4) is 0 Å². The van der Waals surface area contributed by atoms with Crippen LogP contribution < -0.4 is 4.90 Å². The molecule has 2 heteroatoms. The van der Waals surface area contributed by atoms with Crippen LogP contribution in [0.1, 0.15) is 0 Å². The van der Waals surface area contributed by atoms with E-state index in [0.29, 0.717) is 0 Å². The third-order valence-corrected chi connectivity index (χ3v) is 13.0. The van der Waals surface area contributed by atoms with Crippen LogP contribution in [0.25, 0.3) is 93.9 Å². The summed E-state index contributed by atoms with van der Waals surface area (Å²) in [6.45, 7) is 0. The molecule has 1 aromatic heterocycles. The van der Waals surface area contributed by atoms with Crippen molar-refractivity contribution in [1.82, 2.24) is 4.57 Å². The maximum atomic E-state index is 2.50. The highest BCUT2D eigenvalue weighted by atomic mass is 15.1. The predicted molar refractivity (Wildman–Crippen MR) is 280 cm³/mol. The molecule has 12 aromatic rings. The van der Waals surface area contributed by atoms with Crippen LogP contribution in [-0.4, -0.2) is 4.57 Å². The monoisotopic (exact) mass is 840 g/mol. The number of para-hydroxylation sites is 1. The summed E-state index contributed by atoms with van der Waals surface area (Å²) in [5, 5.41) is 4.95. The van der Waals surface area contributed by atoms with Crippen LogP contribution in [0, 0.1) is 0 Å². The van der Waals surface area contributed by atoms with Crippen LogP contribution in [-0.2, 0) is 0 Å². The summed E-state index contributed by atoms with van der Waals surface area (Å²) in [5.74, 6) is 0. The van der Waals surface area contributed by atoms with Gasteiger partial charge in [-0.05, 0) is 104 Å². The molecule has 0 aliphatic rings. The minimum atomic E-state index is 1.07. The minimum Gasteiger partial charge on any atom is -0.310 e. The van der Waals surface area contributed by atoms with E-state index in [9.17, 15) is 0 Å². The summed E-state index contributed by atoms with van der Waals surface area (Å²) >= 11 is 0. The molecule has 0 fully saturated rings. The van der Waals surface area contributed by atoms with E-state index >= 15 is 0 Å². The van der Waals surface area contributed by atoms with Crippen molar-refractivity contribution >= 4 is 49.6 Å². The van der Waals surface area contributed by atoms with E-state index in [-0.39, 0.29) is 0 Å². The van der Waals surface area contributed by atoms with E-state index in [2.05, 4.69) is 276 Å². The first-order valence-corrected chi connectivity index (χ1v) is 22.7. The van der Waals surface area contributed by atoms with Gasteiger partial charge in [-0.2, -0.15) is 0 Å². The topological polar surface area (TPSA) is 8.17 Å². The molecule has 310 valence electrons. The normalized spacial score (nSPS) is 11.3. The lowest BCUT2D eigenvalue weighted by atomic mass is 9.92. The average molecular weight is 841 g/mol. The Morgan fingerprint density at radius 2 is 0.773 bits per heavy atom. The van der Waals surface area contributed by atoms with Gasteiger partial charge in [-0.25, -0.2) is 0 Å². The highest BCUT2D eigenvalue weighted by Gasteiger charge is 2.22. The van der Waals surface area contributed by atoms with Gasteiger partial charge < -0.3 is 9.47 Å². The zero-order valence-electron chi connectivity index (χ0n) is 36.3. The molecular weight excluding hydrogens is 797 g/mol. The van der Waals surface area contributed by atoms with Gasteiger partial charge in [0.25, 0.3) is 0 Å². The first-order valence-electron chi connectivity index (χ1n) is 22.7. The van der Waals surface area contributed by atoms with Gasteiger partial charge in [0.2, 0.25) is 0 Å². The number of hydrogen-bond donors (Lipinski definition) is 0. The van der Waals surface area contributed by atoms with E-state index in [1.165, 1.54) is 82.6 Å². The zero-order chi connectivity index (χ0) is 43.8. The Morgan fingerprint density at radius 1 is 0.273 bits per heavy atom. The molecule has 2 nitrogen and oxygen atoms in total. The smallest absolute Gasteiger partial charge is 0.0619 e. The third-order valence-electron chi connectivity index (χ3n) is 13.0. The molecule has 11 aromatic carbocycles. The lowest BCUT2D eigenvalue weighted by Crippen LogP contribution is -2.10. The summed E-state index contributed by atoms with van der Waals surface area (Å²) in [7, 11) is 0. The fourth-order valence-corrected chi connectivity index (χ4v) is 9.92. The second kappa shape index (κ2) is 16.8. The molecule has 0 unspecified atom stereocenters. The number of nitrogens with zero attached hydrogens (tertiary/aromatic N) is 2. The Balaban J connectivity index is 1.06. The quantitative estimate of drug-likeness (QED) is 0.141. The fourth-order valence-electron chi connectivity index (χ4n) is 9.92. The Hall–Kier alpha value is -8.72. The summed E-state index contributed by atoms with van der Waals surface area (Å²) in [6.07, 6.45) is 0. The summed E-state index contributed by atoms with van der Waals surface area (Å²) in [4.78, 5) is 2.39. The first kappa shape index (κ1) is 38.9. The van der Waals surface area contributed by atoms with Crippen molar-refractivity contribution < 1.29 is 0 Å². The lowest BCUT2D eigenvalue weighted by molar-refractivity contribution is 1.19. The van der Waals surface area contributed by atoms with Gasteiger partial charge in [-0.15, -0.1) is 0 Å². The summed E-state index contributed by atoms with van der Waals surface area (Å²) in [6, 6.07) is 96.9. The molecule has 0 aliphatic carbocycles. The molecule has 0 radical (unpaired) electrons. The highest BCUT2D eigenvalue weighted by molar-refractivity contribution is 6.19. The zero-order valence-corrected chi connectivity index (χ0v) is 36.3. The van der Waals surface area contributed by atoms with Crippen molar-refractivity contribution in [2.24, 2.45) is 0 Å². The molecule has 0 saturated carbocycles. The Kier molecular flexibility index (Phi) is 9.89. The number of benzene rings is 11. The molecule has 1 heterocycles. The number of anilines is 3. The average Bonchev–Trinajstić information content (AvgIpc) is 3.75. The van der Waals surface area contributed by atoms with Crippen molar-refractivity contribution in [3.63, 3.8) is 0 Å². The Bertz CT molecular complexity index is 3650. The van der Waals surface area contributed by atoms with Crippen LogP contribution in [0.2, 0.25) is 0 Å². The highest BCUT2D eigenvalue weighted by Crippen LogP contribution is 2.45. The van der Waals surface area contributed by atoms with E-state index in [1.807, 2.05) is 0 Å². The van der Waals surface area contributed by atoms with Gasteiger partial charge in [-0.1, -0.05) is 218 Å². The van der Waals surface area contributed by atoms with Gasteiger partial charge in [0.1, 0.15) is 0 Å². The maximum Gasteiger partial charge on any atom is 0.0619 e. The fraction of sp³-hybridized carbons (Fsp3) is 0. The SMILES string of the molecule is c1ccc(-c2ccc(N(c3ccc(-c4c(-c5ccccc5)cccc4-n4c5ccccc5c5ccc6ccccc6c54)cc3)c3ccc(-c4ccccc4)c(-c4ccccc4)c3)cc2)cc1. The van der Waals surface area contributed by atoms with E-state index in [1.54, 1.807) is 0 Å². The van der Waals surface area contributed by atoms with Crippen molar-refractivity contribution in [1.29, 1.82) is 0 Å². The van der Waals surface area contributed by atoms with Gasteiger partial charge >= 0.3 is 0 Å². The standard InChI is InChI=1S/C64H44N2/c1-5-18-45(19-6-1)46-32-37-52(38-33-46)65(54-41-43-55(47-20-7-2-8-21-47)60(44-54)49-24-11-4-12-25-49)53-39-34-51(35-40-53)63-56(48-22-9-3-10-23-48)29-17-31-62(63)66-61-30-16-15-28-58(61)59-42-36-50-26-13-14-27-57(50)64(59)66/h1-44H. The molecule has 0 N–H and O–H groups in total. The number of fused-ring (bicyclic) bond motifs is 5. The molecule has 0 aliphatic heterocycles. The van der Waals surface area contributed by atoms with Crippen LogP contribution in [0.15, 0.2) is 267 Å². The Morgan fingerprint density at radius 3 is 1.42 bits per heavy atom. The van der Waals surface area contributed by atoms with Gasteiger partial charge in [0, 0.05) is 38.8 Å².